The summed E-state index contributed by atoms with van der Waals surface area (Å²) in [6, 6.07) is 0. The molecule has 0 amide bonds. The lowest BCUT2D eigenvalue weighted by atomic mass is 10.1. The van der Waals surface area contributed by atoms with E-state index in [1.807, 2.05) is 20.9 Å². The van der Waals surface area contributed by atoms with E-state index in [9.17, 15) is 0 Å². The first-order chi connectivity index (χ1) is 9.15. The van der Waals surface area contributed by atoms with Crippen LogP contribution in [0.5, 0.6) is 0 Å². The van der Waals surface area contributed by atoms with Gasteiger partial charge in [-0.2, -0.15) is 0 Å². The molecule has 19 heavy (non-hydrogen) atoms. The van der Waals surface area contributed by atoms with Gasteiger partial charge in [-0.05, 0) is 27.4 Å². The molecular weight excluding hydrogens is 240 g/mol. The Morgan fingerprint density at radius 3 is 2.58 bits per heavy atom. The molecule has 0 radical (unpaired) electrons. The average Bonchev–Trinajstić information content (AvgIpc) is 2.42. The lowest BCUT2D eigenvalue weighted by molar-refractivity contribution is -0.0327. The van der Waals surface area contributed by atoms with E-state index < -0.39 is 0 Å². The van der Waals surface area contributed by atoms with Crippen molar-refractivity contribution >= 4 is 0 Å². The highest BCUT2D eigenvalue weighted by Gasteiger charge is 2.24. The fourth-order valence-corrected chi connectivity index (χ4v) is 2.49. The maximum atomic E-state index is 5.82. The van der Waals surface area contributed by atoms with E-state index in [2.05, 4.69) is 27.1 Å². The van der Waals surface area contributed by atoms with Crippen LogP contribution in [0.3, 0.4) is 0 Å². The van der Waals surface area contributed by atoms with Crippen LogP contribution in [0.15, 0.2) is 0 Å². The second kappa shape index (κ2) is 6.41. The Kier molecular flexibility index (Phi) is 4.85. The molecule has 1 aromatic heterocycles. The minimum Gasteiger partial charge on any atom is -0.368 e. The third-order valence-corrected chi connectivity index (χ3v) is 3.68. The normalized spacial score (nSPS) is 20.7. The van der Waals surface area contributed by atoms with Gasteiger partial charge >= 0.3 is 0 Å². The fourth-order valence-electron chi connectivity index (χ4n) is 2.49. The first kappa shape index (κ1) is 14.4. The van der Waals surface area contributed by atoms with E-state index in [1.165, 1.54) is 5.56 Å². The Balaban J connectivity index is 2.21. The molecule has 5 heteroatoms. The number of aryl methyl sites for hydroxylation is 2. The van der Waals surface area contributed by atoms with Gasteiger partial charge in [0.05, 0.1) is 6.61 Å². The molecule has 0 bridgehead atoms. The number of nitrogens with zero attached hydrogens (tertiary/aromatic N) is 3. The fraction of sp³-hybridized carbons (Fsp3) is 0.714. The monoisotopic (exact) mass is 264 g/mol. The minimum atomic E-state index is 0.00901. The molecular formula is C14H24N4O. The van der Waals surface area contributed by atoms with Crippen LogP contribution in [-0.2, 0) is 11.3 Å². The van der Waals surface area contributed by atoms with Crippen molar-refractivity contribution in [2.75, 3.05) is 33.3 Å². The van der Waals surface area contributed by atoms with Crippen LogP contribution in [0.4, 0.5) is 0 Å². The van der Waals surface area contributed by atoms with Gasteiger partial charge in [0.2, 0.25) is 0 Å². The van der Waals surface area contributed by atoms with Crippen LogP contribution < -0.4 is 5.32 Å². The maximum absolute atomic E-state index is 5.82. The summed E-state index contributed by atoms with van der Waals surface area (Å²) in [5.41, 5.74) is 3.29. The molecule has 1 fully saturated rings. The Morgan fingerprint density at radius 1 is 1.32 bits per heavy atom. The number of nitrogens with one attached hydrogen (secondary N) is 1. The molecule has 1 aliphatic rings. The molecule has 1 N–H and O–H groups in total. The van der Waals surface area contributed by atoms with Crippen LogP contribution in [0.25, 0.3) is 0 Å². The topological polar surface area (TPSA) is 50.3 Å². The third kappa shape index (κ3) is 3.29. The third-order valence-electron chi connectivity index (χ3n) is 3.68. The van der Waals surface area contributed by atoms with E-state index in [4.69, 9.17) is 4.74 Å². The van der Waals surface area contributed by atoms with Crippen molar-refractivity contribution in [3.63, 3.8) is 0 Å². The molecule has 2 rings (SSSR count). The van der Waals surface area contributed by atoms with Crippen molar-refractivity contribution in [2.45, 2.75) is 33.4 Å². The summed E-state index contributed by atoms with van der Waals surface area (Å²) < 4.78 is 5.82. The molecule has 106 valence electrons. The second-order valence-electron chi connectivity index (χ2n) is 5.01. The summed E-state index contributed by atoms with van der Waals surface area (Å²) in [5, 5.41) is 3.16. The molecule has 0 aliphatic carbocycles. The summed E-state index contributed by atoms with van der Waals surface area (Å²) >= 11 is 0. The summed E-state index contributed by atoms with van der Waals surface area (Å²) in [5.74, 6) is 0.827. The smallest absolute Gasteiger partial charge is 0.158 e. The molecule has 5 nitrogen and oxygen atoms in total. The van der Waals surface area contributed by atoms with Gasteiger partial charge in [-0.1, -0.05) is 6.92 Å². The highest BCUT2D eigenvalue weighted by molar-refractivity contribution is 5.24. The number of rotatable bonds is 4. The van der Waals surface area contributed by atoms with E-state index in [0.717, 1.165) is 50.0 Å². The highest BCUT2D eigenvalue weighted by atomic mass is 16.5. The zero-order valence-electron chi connectivity index (χ0n) is 12.4. The van der Waals surface area contributed by atoms with Crippen molar-refractivity contribution in [1.82, 2.24) is 20.2 Å². The van der Waals surface area contributed by atoms with Gasteiger partial charge in [-0.15, -0.1) is 0 Å². The van der Waals surface area contributed by atoms with Crippen molar-refractivity contribution in [1.29, 1.82) is 0 Å². The summed E-state index contributed by atoms with van der Waals surface area (Å²) in [4.78, 5) is 11.7. The summed E-state index contributed by atoms with van der Waals surface area (Å²) in [6.45, 7) is 10.8. The second-order valence-corrected chi connectivity index (χ2v) is 5.01. The summed E-state index contributed by atoms with van der Waals surface area (Å²) in [6.07, 6.45) is 0.00901. The molecule has 0 spiro atoms. The van der Waals surface area contributed by atoms with Crippen LogP contribution in [0.2, 0.25) is 0 Å². The number of hydrogen-bond acceptors (Lipinski definition) is 5. The van der Waals surface area contributed by atoms with Gasteiger partial charge in [-0.25, -0.2) is 9.97 Å². The maximum Gasteiger partial charge on any atom is 0.158 e. The highest BCUT2D eigenvalue weighted by Crippen LogP contribution is 2.21. The van der Waals surface area contributed by atoms with E-state index in [-0.39, 0.29) is 6.10 Å². The number of morpholine rings is 1. The lowest BCUT2D eigenvalue weighted by Gasteiger charge is -2.31. The van der Waals surface area contributed by atoms with Crippen molar-refractivity contribution in [2.24, 2.45) is 0 Å². The number of ether oxygens (including phenoxy) is 1. The Labute approximate surface area is 115 Å². The molecule has 1 saturated heterocycles. The molecule has 1 aromatic rings. The van der Waals surface area contributed by atoms with Crippen LogP contribution >= 0.6 is 0 Å². The predicted molar refractivity (Wildman–Crippen MR) is 75.1 cm³/mol. The zero-order chi connectivity index (χ0) is 13.8. The lowest BCUT2D eigenvalue weighted by Crippen LogP contribution is -2.38. The van der Waals surface area contributed by atoms with Gasteiger partial charge in [0.15, 0.2) is 5.82 Å². The van der Waals surface area contributed by atoms with Gasteiger partial charge < -0.3 is 10.1 Å². The van der Waals surface area contributed by atoms with Crippen LogP contribution in [0, 0.1) is 13.8 Å². The van der Waals surface area contributed by atoms with Crippen molar-refractivity contribution in [3.8, 4) is 0 Å². The number of likely N-dealkylation sites (N-methyl/N-ethyl adjacent to an activating group) is 1. The quantitative estimate of drug-likeness (QED) is 0.886. The Morgan fingerprint density at radius 2 is 2.00 bits per heavy atom. The Hall–Kier alpha value is -1.04. The van der Waals surface area contributed by atoms with E-state index in [1.54, 1.807) is 0 Å². The van der Waals surface area contributed by atoms with Gasteiger partial charge in [0, 0.05) is 36.6 Å². The van der Waals surface area contributed by atoms with Gasteiger partial charge in [-0.3, -0.25) is 4.90 Å². The number of aromatic nitrogens is 2. The molecule has 2 heterocycles. The molecule has 1 atom stereocenters. The SMILES string of the molecule is CCN1CCOC(c2nc(C)c(CNC)c(C)n2)C1. The summed E-state index contributed by atoms with van der Waals surface area (Å²) in [7, 11) is 1.94. The minimum absolute atomic E-state index is 0.00901. The first-order valence-electron chi connectivity index (χ1n) is 6.98. The molecule has 0 saturated carbocycles. The standard InChI is InChI=1S/C14H24N4O/c1-5-18-6-7-19-13(9-18)14-16-10(2)12(8-15-4)11(3)17-14/h13,15H,5-9H2,1-4H3. The average molecular weight is 264 g/mol. The Bertz CT molecular complexity index is 412. The predicted octanol–water partition coefficient (Wildman–Crippen LogP) is 1.21. The van der Waals surface area contributed by atoms with Crippen molar-refractivity contribution in [3.05, 3.63) is 22.8 Å². The van der Waals surface area contributed by atoms with Crippen LogP contribution in [0.1, 0.15) is 35.8 Å². The van der Waals surface area contributed by atoms with E-state index >= 15 is 0 Å². The largest absolute Gasteiger partial charge is 0.368 e. The molecule has 0 aromatic carbocycles. The number of hydrogen-bond donors (Lipinski definition) is 1. The molecule has 1 aliphatic heterocycles. The van der Waals surface area contributed by atoms with Gasteiger partial charge in [0.25, 0.3) is 0 Å². The van der Waals surface area contributed by atoms with E-state index in [0.29, 0.717) is 0 Å². The zero-order valence-corrected chi connectivity index (χ0v) is 12.4. The van der Waals surface area contributed by atoms with Crippen molar-refractivity contribution < 1.29 is 4.74 Å². The van der Waals surface area contributed by atoms with Crippen LogP contribution in [-0.4, -0.2) is 48.2 Å². The molecule has 1 unspecified atom stereocenters. The van der Waals surface area contributed by atoms with Gasteiger partial charge in [0.1, 0.15) is 6.10 Å². The first-order valence-corrected chi connectivity index (χ1v) is 6.98.